The number of nitrogens with one attached hydrogen (secondary N) is 1. The van der Waals surface area contributed by atoms with Crippen LogP contribution in [0.15, 0.2) is 84.9 Å². The van der Waals surface area contributed by atoms with Crippen LogP contribution in [0, 0.1) is 0 Å². The van der Waals surface area contributed by atoms with Gasteiger partial charge >= 0.3 is 0 Å². The van der Waals surface area contributed by atoms with Crippen LogP contribution >= 0.6 is 0 Å². The molecule has 4 aromatic rings. The Balaban J connectivity index is 1.52. The second kappa shape index (κ2) is 7.15. The minimum atomic E-state index is -0.595. The van der Waals surface area contributed by atoms with Crippen molar-refractivity contribution in [2.45, 2.75) is 32.0 Å². The first-order valence-electron chi connectivity index (χ1n) is 9.42. The number of fused-ring (bicyclic) bond motifs is 2. The first kappa shape index (κ1) is 17.7. The van der Waals surface area contributed by atoms with Gasteiger partial charge in [-0.25, -0.2) is 0 Å². The van der Waals surface area contributed by atoms with Gasteiger partial charge in [-0.15, -0.1) is 0 Å². The van der Waals surface area contributed by atoms with Crippen molar-refractivity contribution in [2.75, 3.05) is 0 Å². The molecule has 0 bridgehead atoms. The summed E-state index contributed by atoms with van der Waals surface area (Å²) in [5, 5.41) is 19.4. The molecule has 1 unspecified atom stereocenters. The largest absolute Gasteiger partial charge is 0.387 e. The van der Waals surface area contributed by atoms with E-state index in [0.717, 1.165) is 10.9 Å². The minimum absolute atomic E-state index is 0.450. The number of benzene rings is 4. The van der Waals surface area contributed by atoms with Gasteiger partial charge in [-0.3, -0.25) is 0 Å². The van der Waals surface area contributed by atoms with Crippen LogP contribution in [0.1, 0.15) is 31.1 Å². The van der Waals surface area contributed by atoms with Crippen LogP contribution in [0.4, 0.5) is 0 Å². The Morgan fingerprint density at radius 1 is 0.741 bits per heavy atom. The Bertz CT molecular complexity index is 1080. The summed E-state index contributed by atoms with van der Waals surface area (Å²) in [6.45, 7) is 4.81. The van der Waals surface area contributed by atoms with E-state index in [1.54, 1.807) is 0 Å². The van der Waals surface area contributed by atoms with Crippen LogP contribution in [-0.4, -0.2) is 10.6 Å². The fourth-order valence-electron chi connectivity index (χ4n) is 3.57. The molecule has 0 aliphatic rings. The summed E-state index contributed by atoms with van der Waals surface area (Å²) >= 11 is 0. The average molecular weight is 355 g/mol. The zero-order valence-corrected chi connectivity index (χ0v) is 15.8. The molecule has 0 aliphatic heterocycles. The maximum Gasteiger partial charge on any atom is 0.0966 e. The van der Waals surface area contributed by atoms with Crippen LogP contribution in [0.3, 0.4) is 0 Å². The molecule has 2 N–H and O–H groups in total. The second-order valence-corrected chi connectivity index (χ2v) is 7.77. The van der Waals surface area contributed by atoms with E-state index in [1.165, 1.54) is 21.7 Å². The van der Waals surface area contributed by atoms with Crippen molar-refractivity contribution in [1.82, 2.24) is 5.32 Å². The Hall–Kier alpha value is -2.68. The van der Waals surface area contributed by atoms with Crippen molar-refractivity contribution >= 4 is 21.5 Å². The fourth-order valence-corrected chi connectivity index (χ4v) is 3.57. The standard InChI is InChI=1S/C25H25NO/c1-25(2,24(27)23-14-13-20-8-4-6-10-22(20)16-23)26-17-18-11-12-19-7-3-5-9-21(19)15-18/h3-16,24,26-27H,17H2,1-2H3. The Morgan fingerprint density at radius 3 is 1.96 bits per heavy atom. The molecule has 1 atom stereocenters. The second-order valence-electron chi connectivity index (χ2n) is 7.77. The highest BCUT2D eigenvalue weighted by Crippen LogP contribution is 2.28. The third kappa shape index (κ3) is 3.73. The monoisotopic (exact) mass is 355 g/mol. The molecule has 0 heterocycles. The minimum Gasteiger partial charge on any atom is -0.387 e. The maximum atomic E-state index is 11.0. The van der Waals surface area contributed by atoms with Gasteiger partial charge in [-0.05, 0) is 58.7 Å². The molecule has 0 radical (unpaired) electrons. The molecule has 0 fully saturated rings. The predicted molar refractivity (Wildman–Crippen MR) is 114 cm³/mol. The highest BCUT2D eigenvalue weighted by Gasteiger charge is 2.28. The highest BCUT2D eigenvalue weighted by molar-refractivity contribution is 5.83. The average Bonchev–Trinajstić information content (AvgIpc) is 2.71. The van der Waals surface area contributed by atoms with Crippen LogP contribution in [0.25, 0.3) is 21.5 Å². The molecule has 0 aromatic heterocycles. The van der Waals surface area contributed by atoms with E-state index in [-0.39, 0.29) is 0 Å². The first-order chi connectivity index (χ1) is 13.0. The van der Waals surface area contributed by atoms with Crippen molar-refractivity contribution < 1.29 is 5.11 Å². The SMILES string of the molecule is CC(C)(NCc1ccc2ccccc2c1)C(O)c1ccc2ccccc2c1. The third-order valence-electron chi connectivity index (χ3n) is 5.33. The number of hydrogen-bond donors (Lipinski definition) is 2. The molecular weight excluding hydrogens is 330 g/mol. The van der Waals surface area contributed by atoms with Gasteiger partial charge in [-0.1, -0.05) is 72.8 Å². The number of hydrogen-bond acceptors (Lipinski definition) is 2. The molecule has 27 heavy (non-hydrogen) atoms. The molecule has 4 aromatic carbocycles. The highest BCUT2D eigenvalue weighted by atomic mass is 16.3. The van der Waals surface area contributed by atoms with Gasteiger partial charge in [0.2, 0.25) is 0 Å². The molecule has 0 saturated carbocycles. The lowest BCUT2D eigenvalue weighted by Gasteiger charge is -2.32. The molecule has 2 nitrogen and oxygen atoms in total. The summed E-state index contributed by atoms with van der Waals surface area (Å²) in [5.74, 6) is 0. The van der Waals surface area contributed by atoms with Crippen LogP contribution in [0.2, 0.25) is 0 Å². The third-order valence-corrected chi connectivity index (χ3v) is 5.33. The van der Waals surface area contributed by atoms with Gasteiger partial charge in [0.05, 0.1) is 6.10 Å². The summed E-state index contributed by atoms with van der Waals surface area (Å²) in [6, 6.07) is 29.3. The summed E-state index contributed by atoms with van der Waals surface area (Å²) in [5.41, 5.74) is 1.70. The summed E-state index contributed by atoms with van der Waals surface area (Å²) in [7, 11) is 0. The van der Waals surface area contributed by atoms with E-state index in [9.17, 15) is 5.11 Å². The van der Waals surface area contributed by atoms with E-state index >= 15 is 0 Å². The van der Waals surface area contributed by atoms with Crippen molar-refractivity contribution in [1.29, 1.82) is 0 Å². The van der Waals surface area contributed by atoms with E-state index in [1.807, 2.05) is 32.0 Å². The van der Waals surface area contributed by atoms with E-state index < -0.39 is 11.6 Å². The molecule has 0 spiro atoms. The van der Waals surface area contributed by atoms with Gasteiger partial charge in [-0.2, -0.15) is 0 Å². The molecule has 0 aliphatic carbocycles. The first-order valence-corrected chi connectivity index (χ1v) is 9.42. The summed E-state index contributed by atoms with van der Waals surface area (Å²) < 4.78 is 0. The van der Waals surface area contributed by atoms with Gasteiger partial charge in [0.25, 0.3) is 0 Å². The lowest BCUT2D eigenvalue weighted by Crippen LogP contribution is -2.44. The topological polar surface area (TPSA) is 32.3 Å². The summed E-state index contributed by atoms with van der Waals surface area (Å²) in [6.07, 6.45) is -0.595. The van der Waals surface area contributed by atoms with E-state index in [2.05, 4.69) is 72.0 Å². The van der Waals surface area contributed by atoms with Crippen molar-refractivity contribution in [3.05, 3.63) is 96.1 Å². The van der Waals surface area contributed by atoms with E-state index in [4.69, 9.17) is 0 Å². The van der Waals surface area contributed by atoms with Gasteiger partial charge in [0.1, 0.15) is 0 Å². The molecule has 0 saturated heterocycles. The van der Waals surface area contributed by atoms with Crippen LogP contribution < -0.4 is 5.32 Å². The van der Waals surface area contributed by atoms with Crippen molar-refractivity contribution in [3.8, 4) is 0 Å². The Kier molecular flexibility index (Phi) is 4.69. The molecule has 136 valence electrons. The van der Waals surface area contributed by atoms with Gasteiger partial charge in [0, 0.05) is 12.1 Å². The normalized spacial score (nSPS) is 13.1. The molecule has 2 heteroatoms. The molecule has 4 rings (SSSR count). The van der Waals surface area contributed by atoms with Crippen LogP contribution in [-0.2, 0) is 6.54 Å². The van der Waals surface area contributed by atoms with Crippen molar-refractivity contribution in [2.24, 2.45) is 0 Å². The fraction of sp³-hybridized carbons (Fsp3) is 0.200. The molecule has 0 amide bonds. The zero-order chi connectivity index (χ0) is 18.9. The maximum absolute atomic E-state index is 11.0. The Morgan fingerprint density at radius 2 is 1.30 bits per heavy atom. The zero-order valence-electron chi connectivity index (χ0n) is 15.8. The number of aliphatic hydroxyl groups excluding tert-OH is 1. The van der Waals surface area contributed by atoms with Crippen molar-refractivity contribution in [3.63, 3.8) is 0 Å². The predicted octanol–water partition coefficient (Wildman–Crippen LogP) is 5.59. The lowest BCUT2D eigenvalue weighted by molar-refractivity contribution is 0.0793. The number of aliphatic hydroxyl groups is 1. The quantitative estimate of drug-likeness (QED) is 0.489. The smallest absolute Gasteiger partial charge is 0.0966 e. The van der Waals surface area contributed by atoms with E-state index in [0.29, 0.717) is 6.54 Å². The van der Waals surface area contributed by atoms with Gasteiger partial charge in [0.15, 0.2) is 0 Å². The summed E-state index contributed by atoms with van der Waals surface area (Å²) in [4.78, 5) is 0. The molecular formula is C25H25NO. The Labute approximate surface area is 160 Å². The van der Waals surface area contributed by atoms with Crippen LogP contribution in [0.5, 0.6) is 0 Å². The van der Waals surface area contributed by atoms with Gasteiger partial charge < -0.3 is 10.4 Å². The number of rotatable bonds is 5. The lowest BCUT2D eigenvalue weighted by atomic mass is 9.90.